The van der Waals surface area contributed by atoms with Crippen LogP contribution in [0.1, 0.15) is 0 Å². The maximum Gasteiger partial charge on any atom is 0.417 e. The van der Waals surface area contributed by atoms with Crippen molar-refractivity contribution in [2.45, 2.75) is 0 Å². The van der Waals surface area contributed by atoms with E-state index in [-0.39, 0.29) is 0 Å². The molecule has 0 aliphatic rings. The average molecular weight is 264 g/mol. The number of aromatic nitrogens is 1. The van der Waals surface area contributed by atoms with Gasteiger partial charge in [0.15, 0.2) is 5.58 Å². The number of oxazole rings is 1. The minimum absolute atomic E-state index is 0.417. The molecule has 2 aromatic carbocycles. The summed E-state index contributed by atoms with van der Waals surface area (Å²) in [5.41, 5.74) is 1.32. The second kappa shape index (κ2) is 2.97. The lowest BCUT2D eigenvalue weighted by atomic mass is 10.1. The minimum Gasteiger partial charge on any atom is -0.408 e. The molecule has 4 heteroatoms. The number of benzene rings is 2. The van der Waals surface area contributed by atoms with Crippen LogP contribution in [0.5, 0.6) is 0 Å². The normalized spacial score (nSPS) is 11.3. The van der Waals surface area contributed by atoms with Gasteiger partial charge in [-0.05, 0) is 35.0 Å². The van der Waals surface area contributed by atoms with Crippen molar-refractivity contribution in [3.63, 3.8) is 0 Å². The van der Waals surface area contributed by atoms with Gasteiger partial charge in [0.25, 0.3) is 0 Å². The Balaban J connectivity index is 2.51. The van der Waals surface area contributed by atoms with Crippen LogP contribution in [0.15, 0.2) is 44.0 Å². The molecular weight excluding hydrogens is 258 g/mol. The minimum atomic E-state index is -0.417. The summed E-state index contributed by atoms with van der Waals surface area (Å²) in [6, 6.07) is 9.69. The van der Waals surface area contributed by atoms with Crippen molar-refractivity contribution in [3.05, 3.63) is 45.4 Å². The first kappa shape index (κ1) is 8.73. The predicted molar refractivity (Wildman–Crippen MR) is 62.0 cm³/mol. The highest BCUT2D eigenvalue weighted by atomic mass is 79.9. The third kappa shape index (κ3) is 1.37. The van der Waals surface area contributed by atoms with Crippen LogP contribution < -0.4 is 5.76 Å². The zero-order valence-electron chi connectivity index (χ0n) is 7.58. The smallest absolute Gasteiger partial charge is 0.408 e. The summed E-state index contributed by atoms with van der Waals surface area (Å²) >= 11 is 3.41. The van der Waals surface area contributed by atoms with Gasteiger partial charge in [0.1, 0.15) is 0 Å². The Morgan fingerprint density at radius 3 is 2.87 bits per heavy atom. The second-order valence-electron chi connectivity index (χ2n) is 3.35. The van der Waals surface area contributed by atoms with E-state index in [1.54, 1.807) is 0 Å². The molecule has 3 nitrogen and oxygen atoms in total. The van der Waals surface area contributed by atoms with Gasteiger partial charge in [-0.3, -0.25) is 4.98 Å². The molecular formula is C11H6BrNO2. The molecule has 0 saturated carbocycles. The number of hydrogen-bond acceptors (Lipinski definition) is 2. The van der Waals surface area contributed by atoms with Crippen molar-refractivity contribution in [2.24, 2.45) is 0 Å². The van der Waals surface area contributed by atoms with Crippen LogP contribution in [-0.4, -0.2) is 4.98 Å². The van der Waals surface area contributed by atoms with Gasteiger partial charge >= 0.3 is 5.76 Å². The number of nitrogens with one attached hydrogen (secondary N) is 1. The molecule has 0 spiro atoms. The standard InChI is InChI=1S/C11H6BrNO2/c12-8-2-1-6-5-10-9(4-7(6)3-8)13-11(14)15-10/h1-5H,(H,13,14). The number of rotatable bonds is 0. The fraction of sp³-hybridized carbons (Fsp3) is 0. The number of hydrogen-bond donors (Lipinski definition) is 1. The molecule has 0 aliphatic carbocycles. The topological polar surface area (TPSA) is 46.0 Å². The summed E-state index contributed by atoms with van der Waals surface area (Å²) in [6.07, 6.45) is 0. The molecule has 0 bridgehead atoms. The number of aromatic amines is 1. The Kier molecular flexibility index (Phi) is 1.73. The quantitative estimate of drug-likeness (QED) is 0.678. The van der Waals surface area contributed by atoms with E-state index in [0.29, 0.717) is 5.58 Å². The van der Waals surface area contributed by atoms with Gasteiger partial charge in [-0.25, -0.2) is 4.79 Å². The van der Waals surface area contributed by atoms with Crippen LogP contribution in [-0.2, 0) is 0 Å². The van der Waals surface area contributed by atoms with E-state index >= 15 is 0 Å². The molecule has 15 heavy (non-hydrogen) atoms. The summed E-state index contributed by atoms with van der Waals surface area (Å²) in [5, 5.41) is 2.11. The van der Waals surface area contributed by atoms with Crippen LogP contribution in [0, 0.1) is 0 Å². The van der Waals surface area contributed by atoms with E-state index in [1.807, 2.05) is 30.3 Å². The van der Waals surface area contributed by atoms with E-state index in [4.69, 9.17) is 4.42 Å². The Morgan fingerprint density at radius 1 is 1.13 bits per heavy atom. The van der Waals surface area contributed by atoms with Gasteiger partial charge in [0.2, 0.25) is 0 Å². The number of fused-ring (bicyclic) bond motifs is 2. The summed E-state index contributed by atoms with van der Waals surface area (Å²) in [6.45, 7) is 0. The molecule has 0 atom stereocenters. The van der Waals surface area contributed by atoms with Gasteiger partial charge in [-0.2, -0.15) is 0 Å². The molecule has 1 heterocycles. The first-order valence-electron chi connectivity index (χ1n) is 4.44. The monoisotopic (exact) mass is 263 g/mol. The third-order valence-electron chi connectivity index (χ3n) is 2.34. The SMILES string of the molecule is O=c1[nH]c2cc3cc(Br)ccc3cc2o1. The number of H-pyrrole nitrogens is 1. The lowest BCUT2D eigenvalue weighted by molar-refractivity contribution is 0.555. The highest BCUT2D eigenvalue weighted by Crippen LogP contribution is 2.23. The van der Waals surface area contributed by atoms with Gasteiger partial charge in [0, 0.05) is 4.47 Å². The first-order valence-corrected chi connectivity index (χ1v) is 5.24. The Hall–Kier alpha value is -1.55. The molecule has 1 aromatic heterocycles. The lowest BCUT2D eigenvalue weighted by Crippen LogP contribution is -1.92. The highest BCUT2D eigenvalue weighted by molar-refractivity contribution is 9.10. The van der Waals surface area contributed by atoms with Crippen molar-refractivity contribution in [1.82, 2.24) is 4.98 Å². The van der Waals surface area contributed by atoms with E-state index in [0.717, 1.165) is 20.8 Å². The third-order valence-corrected chi connectivity index (χ3v) is 2.83. The fourth-order valence-corrected chi connectivity index (χ4v) is 2.04. The van der Waals surface area contributed by atoms with Crippen molar-refractivity contribution in [1.29, 1.82) is 0 Å². The largest absolute Gasteiger partial charge is 0.417 e. The van der Waals surface area contributed by atoms with Crippen molar-refractivity contribution in [2.75, 3.05) is 0 Å². The Bertz CT molecular complexity index is 711. The van der Waals surface area contributed by atoms with Crippen LogP contribution in [0.2, 0.25) is 0 Å². The van der Waals surface area contributed by atoms with Gasteiger partial charge in [0.05, 0.1) is 5.52 Å². The van der Waals surface area contributed by atoms with Crippen molar-refractivity contribution < 1.29 is 4.42 Å². The van der Waals surface area contributed by atoms with Crippen LogP contribution in [0.4, 0.5) is 0 Å². The molecule has 0 amide bonds. The second-order valence-corrected chi connectivity index (χ2v) is 4.27. The Labute approximate surface area is 92.8 Å². The van der Waals surface area contributed by atoms with E-state index in [2.05, 4.69) is 20.9 Å². The zero-order valence-corrected chi connectivity index (χ0v) is 9.17. The summed E-state index contributed by atoms with van der Waals surface area (Å²) < 4.78 is 6.00. The van der Waals surface area contributed by atoms with E-state index in [1.165, 1.54) is 0 Å². The van der Waals surface area contributed by atoms with Crippen LogP contribution in [0.25, 0.3) is 21.9 Å². The molecule has 3 aromatic rings. The summed E-state index contributed by atoms with van der Waals surface area (Å²) in [5.74, 6) is -0.417. The lowest BCUT2D eigenvalue weighted by Gasteiger charge is -1.97. The van der Waals surface area contributed by atoms with Crippen molar-refractivity contribution in [3.8, 4) is 0 Å². The van der Waals surface area contributed by atoms with Crippen LogP contribution in [0.3, 0.4) is 0 Å². The predicted octanol–water partition coefficient (Wildman–Crippen LogP) is 3.04. The average Bonchev–Trinajstić information content (AvgIpc) is 2.53. The molecule has 0 aliphatic heterocycles. The fourth-order valence-electron chi connectivity index (χ4n) is 1.67. The molecule has 0 saturated heterocycles. The molecule has 0 unspecified atom stereocenters. The van der Waals surface area contributed by atoms with Gasteiger partial charge in [-0.15, -0.1) is 0 Å². The zero-order chi connectivity index (χ0) is 10.4. The highest BCUT2D eigenvalue weighted by Gasteiger charge is 2.03. The van der Waals surface area contributed by atoms with Gasteiger partial charge < -0.3 is 4.42 Å². The maximum atomic E-state index is 11.0. The molecule has 0 fully saturated rings. The maximum absolute atomic E-state index is 11.0. The molecule has 1 N–H and O–H groups in total. The molecule has 3 rings (SSSR count). The summed E-state index contributed by atoms with van der Waals surface area (Å²) in [4.78, 5) is 13.6. The van der Waals surface area contributed by atoms with E-state index in [9.17, 15) is 4.79 Å². The van der Waals surface area contributed by atoms with Gasteiger partial charge in [-0.1, -0.05) is 22.0 Å². The Morgan fingerprint density at radius 2 is 2.00 bits per heavy atom. The van der Waals surface area contributed by atoms with Crippen LogP contribution >= 0.6 is 15.9 Å². The van der Waals surface area contributed by atoms with E-state index < -0.39 is 5.76 Å². The first-order chi connectivity index (χ1) is 7.22. The molecule has 0 radical (unpaired) electrons. The molecule has 74 valence electrons. The number of halogens is 1. The summed E-state index contributed by atoms with van der Waals surface area (Å²) in [7, 11) is 0. The van der Waals surface area contributed by atoms with Crippen molar-refractivity contribution >= 4 is 37.8 Å².